The maximum atomic E-state index is 12.6. The Kier molecular flexibility index (Phi) is 3.01. The molecule has 3 heteroatoms. The van der Waals surface area contributed by atoms with E-state index in [0.29, 0.717) is 11.6 Å². The third kappa shape index (κ3) is 2.86. The van der Waals surface area contributed by atoms with Gasteiger partial charge < -0.3 is 5.32 Å². The quantitative estimate of drug-likeness (QED) is 0.723. The second-order valence-corrected chi connectivity index (χ2v) is 3.17. The van der Waals surface area contributed by atoms with Gasteiger partial charge in [-0.1, -0.05) is 20.4 Å². The van der Waals surface area contributed by atoms with E-state index in [2.05, 4.69) is 16.9 Å². The van der Waals surface area contributed by atoms with Gasteiger partial charge in [0.15, 0.2) is 0 Å². The fraction of sp³-hybridized carbons (Fsp3) is 0.300. The van der Waals surface area contributed by atoms with Crippen LogP contribution in [0.3, 0.4) is 0 Å². The lowest BCUT2D eigenvalue weighted by Crippen LogP contribution is -2.04. The number of pyridine rings is 1. The first-order chi connectivity index (χ1) is 6.09. The van der Waals surface area contributed by atoms with Crippen molar-refractivity contribution in [2.75, 3.05) is 5.32 Å². The second-order valence-electron chi connectivity index (χ2n) is 3.17. The van der Waals surface area contributed by atoms with Crippen molar-refractivity contribution in [3.63, 3.8) is 0 Å². The molecule has 0 aliphatic carbocycles. The van der Waals surface area contributed by atoms with Gasteiger partial charge in [0.05, 0.1) is 0 Å². The summed E-state index contributed by atoms with van der Waals surface area (Å²) in [7, 11) is 0. The van der Waals surface area contributed by atoms with E-state index < -0.39 is 5.95 Å². The lowest BCUT2D eigenvalue weighted by molar-refractivity contribution is 0.584. The summed E-state index contributed by atoms with van der Waals surface area (Å²) in [5.41, 5.74) is 1.55. The van der Waals surface area contributed by atoms with Crippen LogP contribution in [-0.2, 0) is 0 Å². The Balaban J connectivity index is 2.69. The van der Waals surface area contributed by atoms with Gasteiger partial charge in [0.25, 0.3) is 0 Å². The summed E-state index contributed by atoms with van der Waals surface area (Å²) in [5, 5.41) is 3.01. The molecule has 2 nitrogen and oxygen atoms in total. The molecule has 70 valence electrons. The van der Waals surface area contributed by atoms with Gasteiger partial charge in [-0.3, -0.25) is 0 Å². The van der Waals surface area contributed by atoms with E-state index >= 15 is 0 Å². The lowest BCUT2D eigenvalue weighted by atomic mass is 10.1. The van der Waals surface area contributed by atoms with E-state index in [-0.39, 0.29) is 0 Å². The highest BCUT2D eigenvalue weighted by Crippen LogP contribution is 2.13. The minimum absolute atomic E-state index is 0.330. The number of hydrogen-bond acceptors (Lipinski definition) is 2. The summed E-state index contributed by atoms with van der Waals surface area (Å²) in [6.07, 6.45) is 1.42. The average Bonchev–Trinajstić information content (AvgIpc) is 2.04. The highest BCUT2D eigenvalue weighted by molar-refractivity contribution is 5.46. The van der Waals surface area contributed by atoms with Crippen LogP contribution in [0.1, 0.15) is 13.8 Å². The molecule has 0 saturated carbocycles. The largest absolute Gasteiger partial charge is 0.359 e. The fourth-order valence-corrected chi connectivity index (χ4v) is 0.810. The van der Waals surface area contributed by atoms with Gasteiger partial charge in [-0.25, -0.2) is 4.98 Å². The zero-order valence-corrected chi connectivity index (χ0v) is 7.84. The number of nitrogens with zero attached hydrogens (tertiary/aromatic N) is 1. The average molecular weight is 180 g/mol. The third-order valence-electron chi connectivity index (χ3n) is 1.73. The monoisotopic (exact) mass is 180 g/mol. The topological polar surface area (TPSA) is 24.9 Å². The van der Waals surface area contributed by atoms with E-state index in [9.17, 15) is 4.39 Å². The Morgan fingerprint density at radius 1 is 1.62 bits per heavy atom. The van der Waals surface area contributed by atoms with Crippen LogP contribution in [0.15, 0.2) is 30.6 Å². The van der Waals surface area contributed by atoms with E-state index in [1.165, 1.54) is 12.3 Å². The van der Waals surface area contributed by atoms with Crippen LogP contribution in [0.25, 0.3) is 0 Å². The molecule has 1 rings (SSSR count). The van der Waals surface area contributed by atoms with Crippen LogP contribution in [-0.4, -0.2) is 4.98 Å². The van der Waals surface area contributed by atoms with Crippen molar-refractivity contribution in [1.29, 1.82) is 0 Å². The Bertz CT molecular complexity index is 308. The van der Waals surface area contributed by atoms with Gasteiger partial charge in [0, 0.05) is 23.6 Å². The highest BCUT2D eigenvalue weighted by atomic mass is 19.1. The van der Waals surface area contributed by atoms with Gasteiger partial charge in [0.1, 0.15) is 0 Å². The van der Waals surface area contributed by atoms with Crippen molar-refractivity contribution in [1.82, 2.24) is 4.98 Å². The first-order valence-corrected chi connectivity index (χ1v) is 4.17. The SMILES string of the molecule is C=C(Nc1ccnc(F)c1)C(C)C. The molecule has 0 spiro atoms. The molecule has 0 unspecified atom stereocenters. The van der Waals surface area contributed by atoms with E-state index in [1.54, 1.807) is 6.07 Å². The predicted molar refractivity (Wildman–Crippen MR) is 51.8 cm³/mol. The fourth-order valence-electron chi connectivity index (χ4n) is 0.810. The zero-order valence-electron chi connectivity index (χ0n) is 7.84. The number of halogens is 1. The van der Waals surface area contributed by atoms with Crippen LogP contribution in [0.4, 0.5) is 10.1 Å². The zero-order chi connectivity index (χ0) is 9.84. The summed E-state index contributed by atoms with van der Waals surface area (Å²) in [4.78, 5) is 3.46. The molecule has 1 aromatic heterocycles. The first kappa shape index (κ1) is 9.71. The third-order valence-corrected chi connectivity index (χ3v) is 1.73. The Labute approximate surface area is 77.5 Å². The Morgan fingerprint density at radius 2 is 2.31 bits per heavy atom. The molecular formula is C10H13FN2. The minimum Gasteiger partial charge on any atom is -0.359 e. The van der Waals surface area contributed by atoms with Crippen LogP contribution < -0.4 is 5.32 Å². The number of aromatic nitrogens is 1. The summed E-state index contributed by atoms with van der Waals surface area (Å²) < 4.78 is 12.6. The molecule has 0 fully saturated rings. The van der Waals surface area contributed by atoms with Crippen molar-refractivity contribution in [3.8, 4) is 0 Å². The molecule has 0 radical (unpaired) electrons. The van der Waals surface area contributed by atoms with Crippen molar-refractivity contribution in [2.45, 2.75) is 13.8 Å². The van der Waals surface area contributed by atoms with E-state index in [1.807, 2.05) is 13.8 Å². The number of anilines is 1. The Hall–Kier alpha value is -1.38. The highest BCUT2D eigenvalue weighted by Gasteiger charge is 2.01. The summed E-state index contributed by atoms with van der Waals surface area (Å²) in [6, 6.07) is 3.05. The van der Waals surface area contributed by atoms with E-state index in [0.717, 1.165) is 5.70 Å². The summed E-state index contributed by atoms with van der Waals surface area (Å²) >= 11 is 0. The maximum absolute atomic E-state index is 12.6. The standard InChI is InChI=1S/C10H13FN2/c1-7(2)8(3)13-9-4-5-12-10(11)6-9/h4-7H,3H2,1-2H3,(H,12,13). The predicted octanol–water partition coefficient (Wildman–Crippen LogP) is 2.80. The molecule has 1 N–H and O–H groups in total. The summed E-state index contributed by atoms with van der Waals surface area (Å²) in [6.45, 7) is 7.87. The van der Waals surface area contributed by atoms with Gasteiger partial charge in [-0.05, 0) is 12.0 Å². The normalized spacial score (nSPS) is 10.2. The molecule has 0 bridgehead atoms. The smallest absolute Gasteiger partial charge is 0.214 e. The van der Waals surface area contributed by atoms with Gasteiger partial charge in [-0.2, -0.15) is 4.39 Å². The van der Waals surface area contributed by atoms with Gasteiger partial charge in [-0.15, -0.1) is 0 Å². The lowest BCUT2D eigenvalue weighted by Gasteiger charge is -2.11. The molecule has 0 aromatic carbocycles. The summed E-state index contributed by atoms with van der Waals surface area (Å²) in [5.74, 6) is -0.155. The van der Waals surface area contributed by atoms with E-state index in [4.69, 9.17) is 0 Å². The first-order valence-electron chi connectivity index (χ1n) is 4.17. The number of rotatable bonds is 3. The number of hydrogen-bond donors (Lipinski definition) is 1. The Morgan fingerprint density at radius 3 is 2.85 bits per heavy atom. The number of allylic oxidation sites excluding steroid dienone is 1. The van der Waals surface area contributed by atoms with Crippen LogP contribution >= 0.6 is 0 Å². The van der Waals surface area contributed by atoms with Crippen molar-refractivity contribution in [2.24, 2.45) is 5.92 Å². The molecular weight excluding hydrogens is 167 g/mol. The molecule has 0 atom stereocenters. The van der Waals surface area contributed by atoms with Crippen molar-refractivity contribution < 1.29 is 4.39 Å². The molecule has 0 aliphatic heterocycles. The minimum atomic E-state index is -0.485. The number of nitrogens with one attached hydrogen (secondary N) is 1. The molecule has 1 heterocycles. The second kappa shape index (κ2) is 4.03. The van der Waals surface area contributed by atoms with Crippen LogP contribution in [0, 0.1) is 11.9 Å². The van der Waals surface area contributed by atoms with Crippen molar-refractivity contribution in [3.05, 3.63) is 36.6 Å². The van der Waals surface area contributed by atoms with Gasteiger partial charge in [0.2, 0.25) is 5.95 Å². The molecule has 13 heavy (non-hydrogen) atoms. The van der Waals surface area contributed by atoms with Crippen LogP contribution in [0.5, 0.6) is 0 Å². The van der Waals surface area contributed by atoms with Crippen molar-refractivity contribution >= 4 is 5.69 Å². The molecule has 1 aromatic rings. The molecule has 0 saturated heterocycles. The van der Waals surface area contributed by atoms with Crippen LogP contribution in [0.2, 0.25) is 0 Å². The molecule has 0 aliphatic rings. The van der Waals surface area contributed by atoms with Gasteiger partial charge >= 0.3 is 0 Å². The maximum Gasteiger partial charge on any atom is 0.214 e. The molecule has 0 amide bonds.